The van der Waals surface area contributed by atoms with Crippen molar-refractivity contribution >= 4 is 29.9 Å². The van der Waals surface area contributed by atoms with Crippen molar-refractivity contribution in [3.8, 4) is 0 Å². The van der Waals surface area contributed by atoms with Crippen LogP contribution in [0.4, 0.5) is 0 Å². The van der Waals surface area contributed by atoms with Crippen LogP contribution in [-0.4, -0.2) is 74.0 Å². The second-order valence-corrected chi connectivity index (χ2v) is 8.99. The van der Waals surface area contributed by atoms with Crippen molar-refractivity contribution < 1.29 is 0 Å². The van der Waals surface area contributed by atoms with Gasteiger partial charge in [0, 0.05) is 46.3 Å². The second kappa shape index (κ2) is 10.8. The Morgan fingerprint density at radius 2 is 1.75 bits per heavy atom. The molecule has 28 heavy (non-hydrogen) atoms. The largest absolute Gasteiger partial charge is 0.352 e. The van der Waals surface area contributed by atoms with Gasteiger partial charge in [-0.15, -0.1) is 24.0 Å². The number of nitrogens with one attached hydrogen (secondary N) is 1. The third-order valence-electron chi connectivity index (χ3n) is 5.88. The van der Waals surface area contributed by atoms with E-state index in [1.54, 1.807) is 0 Å². The number of rotatable bonds is 4. The third-order valence-corrected chi connectivity index (χ3v) is 5.88. The highest BCUT2D eigenvalue weighted by atomic mass is 127. The molecule has 0 spiro atoms. The first kappa shape index (κ1) is 23.4. The van der Waals surface area contributed by atoms with Crippen LogP contribution in [0.25, 0.3) is 0 Å². The van der Waals surface area contributed by atoms with Crippen LogP contribution in [0.1, 0.15) is 37.8 Å². The molecule has 1 aromatic rings. The van der Waals surface area contributed by atoms with Gasteiger partial charge in [0.1, 0.15) is 0 Å². The Hall–Kier alpha value is -0.860. The first-order chi connectivity index (χ1) is 12.9. The smallest absolute Gasteiger partial charge is 0.193 e. The Morgan fingerprint density at radius 1 is 1.04 bits per heavy atom. The van der Waals surface area contributed by atoms with Gasteiger partial charge in [0.15, 0.2) is 5.96 Å². The molecule has 1 N–H and O–H groups in total. The fourth-order valence-corrected chi connectivity index (χ4v) is 4.09. The zero-order chi connectivity index (χ0) is 19.3. The molecule has 0 radical (unpaired) electrons. The number of likely N-dealkylation sites (tertiary alicyclic amines) is 1. The summed E-state index contributed by atoms with van der Waals surface area (Å²) in [5, 5.41) is 3.54. The molecule has 0 unspecified atom stereocenters. The van der Waals surface area contributed by atoms with Crippen molar-refractivity contribution in [2.75, 3.05) is 53.4 Å². The molecule has 2 aliphatic heterocycles. The van der Waals surface area contributed by atoms with Crippen LogP contribution in [0.15, 0.2) is 29.3 Å². The molecular weight excluding hydrogens is 461 g/mol. The van der Waals surface area contributed by atoms with Crippen LogP contribution in [0, 0.1) is 5.41 Å². The molecule has 6 heteroatoms. The van der Waals surface area contributed by atoms with Gasteiger partial charge in [-0.1, -0.05) is 38.1 Å². The Kier molecular flexibility index (Phi) is 9.02. The lowest BCUT2D eigenvalue weighted by Gasteiger charge is -2.24. The number of hydrogen-bond acceptors (Lipinski definition) is 3. The fraction of sp³-hybridized carbons (Fsp3) is 0.682. The van der Waals surface area contributed by atoms with Crippen LogP contribution < -0.4 is 5.32 Å². The molecule has 0 saturated carbocycles. The predicted molar refractivity (Wildman–Crippen MR) is 129 cm³/mol. The third kappa shape index (κ3) is 6.88. The first-order valence-corrected chi connectivity index (χ1v) is 10.4. The molecule has 2 fully saturated rings. The van der Waals surface area contributed by atoms with Gasteiger partial charge in [0.05, 0.1) is 0 Å². The van der Waals surface area contributed by atoms with E-state index in [1.807, 2.05) is 7.05 Å². The summed E-state index contributed by atoms with van der Waals surface area (Å²) in [7, 11) is 4.11. The summed E-state index contributed by atoms with van der Waals surface area (Å²) >= 11 is 0. The Balaban J connectivity index is 0.00000280. The van der Waals surface area contributed by atoms with Crippen LogP contribution in [0.5, 0.6) is 0 Å². The highest BCUT2D eigenvalue weighted by Crippen LogP contribution is 2.28. The minimum absolute atomic E-state index is 0. The normalized spacial score (nSPS) is 21.3. The van der Waals surface area contributed by atoms with Crippen molar-refractivity contribution in [2.45, 2.75) is 39.8 Å². The summed E-state index contributed by atoms with van der Waals surface area (Å²) in [6.07, 6.45) is 2.50. The fourth-order valence-electron chi connectivity index (χ4n) is 4.09. The number of likely N-dealkylation sites (N-methyl/N-ethyl adjacent to an activating group) is 1. The molecule has 2 aliphatic rings. The lowest BCUT2D eigenvalue weighted by atomic mass is 9.93. The minimum atomic E-state index is 0. The second-order valence-electron chi connectivity index (χ2n) is 8.99. The predicted octanol–water partition coefficient (Wildman–Crippen LogP) is 3.25. The van der Waals surface area contributed by atoms with E-state index in [4.69, 9.17) is 0 Å². The minimum Gasteiger partial charge on any atom is -0.352 e. The van der Waals surface area contributed by atoms with E-state index in [0.717, 1.165) is 32.1 Å². The molecule has 0 atom stereocenters. The molecule has 0 bridgehead atoms. The lowest BCUT2D eigenvalue weighted by molar-refractivity contribution is 0.269. The first-order valence-electron chi connectivity index (χ1n) is 10.4. The monoisotopic (exact) mass is 499 g/mol. The van der Waals surface area contributed by atoms with Crippen LogP contribution in [-0.2, 0) is 13.1 Å². The van der Waals surface area contributed by atoms with Crippen LogP contribution in [0.2, 0.25) is 0 Å². The Labute approximate surface area is 188 Å². The summed E-state index contributed by atoms with van der Waals surface area (Å²) in [4.78, 5) is 11.9. The summed E-state index contributed by atoms with van der Waals surface area (Å²) < 4.78 is 0. The summed E-state index contributed by atoms with van der Waals surface area (Å²) in [5.74, 6) is 1.03. The van der Waals surface area contributed by atoms with Crippen molar-refractivity contribution in [1.29, 1.82) is 0 Å². The molecule has 1 aromatic carbocycles. The van der Waals surface area contributed by atoms with Gasteiger partial charge in [-0.25, -0.2) is 0 Å². The summed E-state index contributed by atoms with van der Waals surface area (Å²) in [6.45, 7) is 13.5. The van der Waals surface area contributed by atoms with Crippen molar-refractivity contribution in [3.05, 3.63) is 35.4 Å². The van der Waals surface area contributed by atoms with Gasteiger partial charge in [-0.05, 0) is 49.5 Å². The van der Waals surface area contributed by atoms with Gasteiger partial charge < -0.3 is 15.1 Å². The highest BCUT2D eigenvalue weighted by Gasteiger charge is 2.30. The van der Waals surface area contributed by atoms with Gasteiger partial charge in [0.2, 0.25) is 0 Å². The number of aliphatic imine (C=N–C) groups is 1. The zero-order valence-electron chi connectivity index (χ0n) is 18.1. The standard InChI is InChI=1S/C22H37N5.HI/c1-22(2)10-13-27(18-22)21(23-3)24-16-19-6-8-20(9-7-19)17-26-12-5-11-25(4)14-15-26;/h6-9H,5,10-18H2,1-4H3,(H,23,24);1H. The van der Waals surface area contributed by atoms with E-state index in [2.05, 4.69) is 70.2 Å². The number of hydrogen-bond donors (Lipinski definition) is 1. The lowest BCUT2D eigenvalue weighted by Crippen LogP contribution is -2.40. The molecule has 0 aromatic heterocycles. The molecular formula is C22H38IN5. The quantitative estimate of drug-likeness (QED) is 0.392. The van der Waals surface area contributed by atoms with Gasteiger partial charge in [-0.3, -0.25) is 9.89 Å². The maximum atomic E-state index is 4.48. The maximum absolute atomic E-state index is 4.48. The number of nitrogens with zero attached hydrogens (tertiary/aromatic N) is 4. The van der Waals surface area contributed by atoms with E-state index in [1.165, 1.54) is 50.1 Å². The average Bonchev–Trinajstić information content (AvgIpc) is 2.88. The number of halogens is 1. The average molecular weight is 499 g/mol. The molecule has 0 amide bonds. The van der Waals surface area contributed by atoms with E-state index in [9.17, 15) is 0 Å². The summed E-state index contributed by atoms with van der Waals surface area (Å²) in [5.41, 5.74) is 3.12. The zero-order valence-corrected chi connectivity index (χ0v) is 20.4. The topological polar surface area (TPSA) is 34.1 Å². The SMILES string of the molecule is CN=C(NCc1ccc(CN2CCCN(C)CC2)cc1)N1CCC(C)(C)C1.I. The van der Waals surface area contributed by atoms with E-state index < -0.39 is 0 Å². The Bertz CT molecular complexity index is 628. The molecule has 5 nitrogen and oxygen atoms in total. The highest BCUT2D eigenvalue weighted by molar-refractivity contribution is 14.0. The van der Waals surface area contributed by atoms with E-state index in [0.29, 0.717) is 5.41 Å². The Morgan fingerprint density at radius 3 is 2.39 bits per heavy atom. The molecule has 2 heterocycles. The van der Waals surface area contributed by atoms with E-state index in [-0.39, 0.29) is 24.0 Å². The van der Waals surface area contributed by atoms with Crippen LogP contribution >= 0.6 is 24.0 Å². The van der Waals surface area contributed by atoms with Crippen molar-refractivity contribution in [1.82, 2.24) is 20.0 Å². The molecule has 2 saturated heterocycles. The van der Waals surface area contributed by atoms with E-state index >= 15 is 0 Å². The number of benzene rings is 1. The van der Waals surface area contributed by atoms with Gasteiger partial charge in [0.25, 0.3) is 0 Å². The van der Waals surface area contributed by atoms with Crippen molar-refractivity contribution in [2.24, 2.45) is 10.4 Å². The van der Waals surface area contributed by atoms with Gasteiger partial charge >= 0.3 is 0 Å². The molecule has 3 rings (SSSR count). The number of guanidine groups is 1. The summed E-state index contributed by atoms with van der Waals surface area (Å²) in [6, 6.07) is 9.08. The maximum Gasteiger partial charge on any atom is 0.193 e. The molecule has 158 valence electrons. The van der Waals surface area contributed by atoms with Crippen molar-refractivity contribution in [3.63, 3.8) is 0 Å². The molecule has 0 aliphatic carbocycles. The van der Waals surface area contributed by atoms with Gasteiger partial charge in [-0.2, -0.15) is 0 Å². The van der Waals surface area contributed by atoms with Crippen LogP contribution in [0.3, 0.4) is 0 Å².